The molecule has 0 spiro atoms. The third-order valence-electron chi connectivity index (χ3n) is 4.87. The Labute approximate surface area is 189 Å². The minimum absolute atomic E-state index is 0.0791. The fourth-order valence-electron chi connectivity index (χ4n) is 3.02. The zero-order chi connectivity index (χ0) is 22.7. The summed E-state index contributed by atoms with van der Waals surface area (Å²) in [6.07, 6.45) is 0.0791. The van der Waals surface area contributed by atoms with Crippen LogP contribution in [0.4, 0.5) is 11.4 Å². The van der Waals surface area contributed by atoms with Crippen molar-refractivity contribution in [2.75, 3.05) is 17.4 Å². The van der Waals surface area contributed by atoms with Crippen molar-refractivity contribution in [1.82, 2.24) is 14.8 Å². The van der Waals surface area contributed by atoms with Crippen molar-refractivity contribution in [2.45, 2.75) is 30.7 Å². The third-order valence-corrected chi connectivity index (χ3v) is 6.00. The summed E-state index contributed by atoms with van der Waals surface area (Å²) in [5.74, 6) is 1.40. The molecule has 0 saturated carbocycles. The van der Waals surface area contributed by atoms with Crippen LogP contribution in [-0.4, -0.2) is 38.6 Å². The molecule has 2 N–H and O–H groups in total. The molecule has 0 fully saturated rings. The number of carbonyl (C=O) groups excluding carboxylic acids is 2. The number of anilines is 2. The van der Waals surface area contributed by atoms with Gasteiger partial charge < -0.3 is 24.7 Å². The van der Waals surface area contributed by atoms with Gasteiger partial charge in [0.15, 0.2) is 16.7 Å². The van der Waals surface area contributed by atoms with Gasteiger partial charge in [0.1, 0.15) is 5.82 Å². The van der Waals surface area contributed by atoms with Crippen LogP contribution in [0.25, 0.3) is 0 Å². The minimum atomic E-state index is -0.433. The fourth-order valence-corrected chi connectivity index (χ4v) is 3.85. The number of thioether (sulfide) groups is 1. The van der Waals surface area contributed by atoms with Gasteiger partial charge in [-0.3, -0.25) is 9.59 Å². The number of fused-ring (bicyclic) bond motifs is 1. The molecule has 1 aliphatic heterocycles. The number of ether oxygens (including phenoxy) is 2. The topological polar surface area (TPSA) is 107 Å². The number of benzene rings is 2. The molecule has 166 valence electrons. The smallest absolute Gasteiger partial charge is 0.237 e. The van der Waals surface area contributed by atoms with Crippen LogP contribution in [0.3, 0.4) is 0 Å². The van der Waals surface area contributed by atoms with Crippen LogP contribution in [0.1, 0.15) is 18.3 Å². The van der Waals surface area contributed by atoms with E-state index in [1.54, 1.807) is 36.7 Å². The quantitative estimate of drug-likeness (QED) is 0.529. The summed E-state index contributed by atoms with van der Waals surface area (Å²) in [4.78, 5) is 25.0. The largest absolute Gasteiger partial charge is 0.454 e. The summed E-state index contributed by atoms with van der Waals surface area (Å²) in [6.45, 7) is 3.95. The van der Waals surface area contributed by atoms with Gasteiger partial charge in [-0.05, 0) is 38.1 Å². The molecule has 0 unspecified atom stereocenters. The van der Waals surface area contributed by atoms with E-state index in [0.717, 1.165) is 11.3 Å². The first kappa shape index (κ1) is 21.7. The number of aryl methyl sites for hydroxylation is 1. The zero-order valence-electron chi connectivity index (χ0n) is 17.9. The van der Waals surface area contributed by atoms with Crippen LogP contribution in [0.2, 0.25) is 0 Å². The second kappa shape index (κ2) is 9.31. The first-order valence-electron chi connectivity index (χ1n) is 10.0. The molecule has 1 aromatic heterocycles. The van der Waals surface area contributed by atoms with E-state index in [9.17, 15) is 9.59 Å². The van der Waals surface area contributed by atoms with E-state index in [0.29, 0.717) is 28.2 Å². The van der Waals surface area contributed by atoms with E-state index in [1.165, 1.54) is 11.8 Å². The molecule has 0 radical (unpaired) electrons. The average Bonchev–Trinajstić information content (AvgIpc) is 3.37. The van der Waals surface area contributed by atoms with Gasteiger partial charge in [-0.1, -0.05) is 29.5 Å². The molecule has 0 bridgehead atoms. The Balaban J connectivity index is 1.33. The highest BCUT2D eigenvalue weighted by Gasteiger charge is 2.21. The van der Waals surface area contributed by atoms with E-state index in [1.807, 2.05) is 31.2 Å². The fraction of sp³-hybridized carbons (Fsp3) is 0.273. The van der Waals surface area contributed by atoms with Crippen LogP contribution in [-0.2, 0) is 23.1 Å². The predicted octanol–water partition coefficient (Wildman–Crippen LogP) is 3.15. The standard InChI is InChI=1S/C22H23N5O4S/c1-13-4-6-15(7-5-13)23-20(28)11-19-25-26-22(27(19)3)32-14(2)21(29)24-16-8-9-17-18(10-16)31-12-30-17/h4-10,14H,11-12H2,1-3H3,(H,23,28)(H,24,29)/t14-/m0/s1. The monoisotopic (exact) mass is 453 g/mol. The van der Waals surface area contributed by atoms with E-state index in [-0.39, 0.29) is 25.0 Å². The highest BCUT2D eigenvalue weighted by Crippen LogP contribution is 2.34. The Morgan fingerprint density at radius 1 is 1.06 bits per heavy atom. The van der Waals surface area contributed by atoms with Crippen molar-refractivity contribution in [3.63, 3.8) is 0 Å². The maximum Gasteiger partial charge on any atom is 0.237 e. The molecule has 0 aliphatic carbocycles. The van der Waals surface area contributed by atoms with Gasteiger partial charge >= 0.3 is 0 Å². The average molecular weight is 454 g/mol. The molecule has 0 saturated heterocycles. The Hall–Kier alpha value is -3.53. The van der Waals surface area contributed by atoms with Crippen molar-refractivity contribution in [3.8, 4) is 11.5 Å². The number of nitrogens with zero attached hydrogens (tertiary/aromatic N) is 3. The number of amides is 2. The van der Waals surface area contributed by atoms with Crippen molar-refractivity contribution in [2.24, 2.45) is 7.05 Å². The summed E-state index contributed by atoms with van der Waals surface area (Å²) >= 11 is 1.27. The third kappa shape index (κ3) is 5.02. The zero-order valence-corrected chi connectivity index (χ0v) is 18.7. The molecular weight excluding hydrogens is 430 g/mol. The summed E-state index contributed by atoms with van der Waals surface area (Å²) < 4.78 is 12.3. The first-order valence-corrected chi connectivity index (χ1v) is 10.9. The highest BCUT2D eigenvalue weighted by molar-refractivity contribution is 8.00. The Kier molecular flexibility index (Phi) is 6.31. The number of hydrogen-bond acceptors (Lipinski definition) is 7. The summed E-state index contributed by atoms with van der Waals surface area (Å²) in [7, 11) is 1.78. The second-order valence-electron chi connectivity index (χ2n) is 7.37. The molecule has 2 heterocycles. The lowest BCUT2D eigenvalue weighted by molar-refractivity contribution is -0.116. The van der Waals surface area contributed by atoms with Gasteiger partial charge in [0, 0.05) is 24.5 Å². The van der Waals surface area contributed by atoms with Crippen LogP contribution < -0.4 is 20.1 Å². The number of carbonyl (C=O) groups is 2. The van der Waals surface area contributed by atoms with Gasteiger partial charge in [-0.25, -0.2) is 0 Å². The van der Waals surface area contributed by atoms with E-state index < -0.39 is 5.25 Å². The van der Waals surface area contributed by atoms with Gasteiger partial charge in [0.2, 0.25) is 18.6 Å². The Bertz CT molecular complexity index is 1150. The second-order valence-corrected chi connectivity index (χ2v) is 8.67. The van der Waals surface area contributed by atoms with Crippen molar-refractivity contribution in [3.05, 3.63) is 53.9 Å². The van der Waals surface area contributed by atoms with Gasteiger partial charge in [-0.15, -0.1) is 10.2 Å². The van der Waals surface area contributed by atoms with Crippen LogP contribution >= 0.6 is 11.8 Å². The van der Waals surface area contributed by atoms with Gasteiger partial charge in [0.25, 0.3) is 0 Å². The van der Waals surface area contributed by atoms with Crippen molar-refractivity contribution < 1.29 is 19.1 Å². The SMILES string of the molecule is Cc1ccc(NC(=O)Cc2nnc(S[C@@H](C)C(=O)Nc3ccc4c(c3)OCO4)n2C)cc1. The first-order chi connectivity index (χ1) is 15.4. The number of hydrogen-bond donors (Lipinski definition) is 2. The van der Waals surface area contributed by atoms with Crippen molar-refractivity contribution in [1.29, 1.82) is 0 Å². The summed E-state index contributed by atoms with van der Waals surface area (Å²) in [6, 6.07) is 12.8. The van der Waals surface area contributed by atoms with Gasteiger partial charge in [-0.2, -0.15) is 0 Å². The Morgan fingerprint density at radius 2 is 1.78 bits per heavy atom. The van der Waals surface area contributed by atoms with E-state index in [2.05, 4.69) is 20.8 Å². The molecule has 32 heavy (non-hydrogen) atoms. The lowest BCUT2D eigenvalue weighted by atomic mass is 10.2. The molecule has 1 atom stereocenters. The summed E-state index contributed by atoms with van der Waals surface area (Å²) in [5.41, 5.74) is 2.47. The molecule has 2 amide bonds. The lowest BCUT2D eigenvalue weighted by Crippen LogP contribution is -2.23. The molecule has 2 aromatic carbocycles. The van der Waals surface area contributed by atoms with Crippen molar-refractivity contribution >= 4 is 35.0 Å². The molecule has 3 aromatic rings. The Morgan fingerprint density at radius 3 is 2.56 bits per heavy atom. The predicted molar refractivity (Wildman–Crippen MR) is 121 cm³/mol. The van der Waals surface area contributed by atoms with Crippen LogP contribution in [0, 0.1) is 6.92 Å². The molecule has 4 rings (SSSR count). The lowest BCUT2D eigenvalue weighted by Gasteiger charge is -2.12. The van der Waals surface area contributed by atoms with Crippen LogP contribution in [0.5, 0.6) is 11.5 Å². The number of nitrogens with one attached hydrogen (secondary N) is 2. The minimum Gasteiger partial charge on any atom is -0.454 e. The van der Waals surface area contributed by atoms with Crippen LogP contribution in [0.15, 0.2) is 47.6 Å². The molecular formula is C22H23N5O4S. The van der Waals surface area contributed by atoms with Gasteiger partial charge in [0.05, 0.1) is 11.7 Å². The number of rotatable bonds is 7. The van der Waals surface area contributed by atoms with E-state index in [4.69, 9.17) is 9.47 Å². The maximum absolute atomic E-state index is 12.6. The molecule has 9 nitrogen and oxygen atoms in total. The normalized spacial score (nSPS) is 13.0. The highest BCUT2D eigenvalue weighted by atomic mass is 32.2. The maximum atomic E-state index is 12.6. The van der Waals surface area contributed by atoms with E-state index >= 15 is 0 Å². The number of aromatic nitrogens is 3. The molecule has 10 heteroatoms. The summed E-state index contributed by atoms with van der Waals surface area (Å²) in [5, 5.41) is 14.1. The molecule has 1 aliphatic rings.